The predicted octanol–water partition coefficient (Wildman–Crippen LogP) is 2.91. The van der Waals surface area contributed by atoms with Crippen LogP contribution in [-0.4, -0.2) is 49.6 Å². The number of pyridine rings is 1. The second-order valence-electron chi connectivity index (χ2n) is 8.30. The summed E-state index contributed by atoms with van der Waals surface area (Å²) in [6.45, 7) is 1.49. The highest BCUT2D eigenvalue weighted by molar-refractivity contribution is 6.00. The van der Waals surface area contributed by atoms with E-state index in [1.54, 1.807) is 18.6 Å². The molecule has 1 amide bonds. The summed E-state index contributed by atoms with van der Waals surface area (Å²) >= 11 is 0. The number of nitrogens with zero attached hydrogens (tertiary/aromatic N) is 5. The molecule has 0 bridgehead atoms. The van der Waals surface area contributed by atoms with E-state index < -0.39 is 0 Å². The van der Waals surface area contributed by atoms with Crippen LogP contribution in [0, 0.1) is 0 Å². The van der Waals surface area contributed by atoms with Gasteiger partial charge in [0, 0.05) is 54.7 Å². The van der Waals surface area contributed by atoms with E-state index in [9.17, 15) is 9.90 Å². The van der Waals surface area contributed by atoms with E-state index in [0.717, 1.165) is 71.2 Å². The Bertz CT molecular complexity index is 1330. The van der Waals surface area contributed by atoms with Crippen molar-refractivity contribution in [1.82, 2.24) is 19.4 Å². The Hall–Kier alpha value is -3.78. The third-order valence-electron chi connectivity index (χ3n) is 6.25. The van der Waals surface area contributed by atoms with Crippen molar-refractivity contribution in [2.45, 2.75) is 25.4 Å². The zero-order valence-corrected chi connectivity index (χ0v) is 17.4. The van der Waals surface area contributed by atoms with E-state index in [4.69, 9.17) is 4.98 Å². The topological polar surface area (TPSA) is 95.7 Å². The zero-order chi connectivity index (χ0) is 21.7. The number of hydrogen-bond acceptors (Lipinski definition) is 6. The first-order valence-electron chi connectivity index (χ1n) is 10.8. The van der Waals surface area contributed by atoms with Crippen LogP contribution >= 0.6 is 0 Å². The maximum absolute atomic E-state index is 11.9. The van der Waals surface area contributed by atoms with Gasteiger partial charge in [0.1, 0.15) is 0 Å². The summed E-state index contributed by atoms with van der Waals surface area (Å²) in [7, 11) is 0. The predicted molar refractivity (Wildman–Crippen MR) is 121 cm³/mol. The first-order chi connectivity index (χ1) is 15.7. The number of benzene rings is 1. The van der Waals surface area contributed by atoms with Gasteiger partial charge in [-0.2, -0.15) is 0 Å². The number of carbonyl (C=O) groups is 1. The summed E-state index contributed by atoms with van der Waals surface area (Å²) in [4.78, 5) is 27.9. The normalized spacial score (nSPS) is 16.4. The van der Waals surface area contributed by atoms with E-state index in [1.807, 2.05) is 30.5 Å². The van der Waals surface area contributed by atoms with Crippen molar-refractivity contribution in [3.8, 4) is 22.5 Å². The number of anilines is 2. The highest BCUT2D eigenvalue weighted by Crippen LogP contribution is 2.37. The van der Waals surface area contributed by atoms with Gasteiger partial charge in [-0.05, 0) is 42.7 Å². The number of rotatable bonds is 3. The second kappa shape index (κ2) is 7.42. The van der Waals surface area contributed by atoms with Crippen molar-refractivity contribution in [2.24, 2.45) is 0 Å². The molecule has 0 aliphatic carbocycles. The lowest BCUT2D eigenvalue weighted by Gasteiger charge is -2.30. The largest absolute Gasteiger partial charge is 0.393 e. The molecule has 160 valence electrons. The molecule has 8 nitrogen and oxygen atoms in total. The number of carbonyl (C=O) groups excluding carboxylic acids is 1. The van der Waals surface area contributed by atoms with Crippen LogP contribution < -0.4 is 10.2 Å². The van der Waals surface area contributed by atoms with Gasteiger partial charge in [-0.25, -0.2) is 9.97 Å². The minimum absolute atomic E-state index is 0.0171. The standard InChI is InChI=1S/C24H22N6O2/c31-18-5-10-29(11-6-18)23-24-28-21(15-3-7-25-8-4-15)22(30(24)12-9-26-23)16-1-2-19-17(13-16)14-20(32)27-19/h1-4,7-9,12-13,18,31H,5-6,10-11,14H2,(H,27,32). The lowest BCUT2D eigenvalue weighted by atomic mass is 10.0. The molecule has 0 spiro atoms. The fraction of sp³-hybridized carbons (Fsp3) is 0.250. The van der Waals surface area contributed by atoms with Gasteiger partial charge in [0.15, 0.2) is 11.5 Å². The van der Waals surface area contributed by atoms with E-state index in [0.29, 0.717) is 6.42 Å². The SMILES string of the molecule is O=C1Cc2cc(-c3c(-c4ccncc4)nc4c(N5CCC(O)CC5)nccn34)ccc2N1. The highest BCUT2D eigenvalue weighted by Gasteiger charge is 2.25. The fourth-order valence-corrected chi connectivity index (χ4v) is 4.63. The van der Waals surface area contributed by atoms with Crippen LogP contribution in [0.2, 0.25) is 0 Å². The molecular weight excluding hydrogens is 404 g/mol. The van der Waals surface area contributed by atoms with Crippen molar-refractivity contribution >= 4 is 23.1 Å². The molecule has 32 heavy (non-hydrogen) atoms. The third kappa shape index (κ3) is 3.11. The number of piperidine rings is 1. The monoisotopic (exact) mass is 426 g/mol. The average molecular weight is 426 g/mol. The van der Waals surface area contributed by atoms with E-state index in [-0.39, 0.29) is 12.0 Å². The van der Waals surface area contributed by atoms with Gasteiger partial charge in [-0.1, -0.05) is 6.07 Å². The van der Waals surface area contributed by atoms with Crippen molar-refractivity contribution in [2.75, 3.05) is 23.3 Å². The summed E-state index contributed by atoms with van der Waals surface area (Å²) in [5, 5.41) is 12.8. The van der Waals surface area contributed by atoms with Crippen molar-refractivity contribution in [3.05, 3.63) is 60.7 Å². The number of hydrogen-bond donors (Lipinski definition) is 2. The number of fused-ring (bicyclic) bond motifs is 2. The number of amides is 1. The van der Waals surface area contributed by atoms with Gasteiger partial charge in [-0.3, -0.25) is 14.2 Å². The van der Waals surface area contributed by atoms with Crippen molar-refractivity contribution in [3.63, 3.8) is 0 Å². The Morgan fingerprint density at radius 2 is 1.84 bits per heavy atom. The van der Waals surface area contributed by atoms with Crippen molar-refractivity contribution < 1.29 is 9.90 Å². The first kappa shape index (κ1) is 18.9. The van der Waals surface area contributed by atoms with Gasteiger partial charge < -0.3 is 15.3 Å². The van der Waals surface area contributed by atoms with Gasteiger partial charge in [-0.15, -0.1) is 0 Å². The molecule has 3 aromatic heterocycles. The molecule has 6 rings (SSSR count). The summed E-state index contributed by atoms with van der Waals surface area (Å²) in [6, 6.07) is 9.95. The third-order valence-corrected chi connectivity index (χ3v) is 6.25. The smallest absolute Gasteiger partial charge is 0.228 e. The van der Waals surface area contributed by atoms with Gasteiger partial charge in [0.2, 0.25) is 5.91 Å². The Kier molecular flexibility index (Phi) is 4.39. The van der Waals surface area contributed by atoms with E-state index >= 15 is 0 Å². The number of aliphatic hydroxyl groups excluding tert-OH is 1. The molecule has 0 atom stereocenters. The first-order valence-corrected chi connectivity index (χ1v) is 10.8. The van der Waals surface area contributed by atoms with Crippen molar-refractivity contribution in [1.29, 1.82) is 0 Å². The highest BCUT2D eigenvalue weighted by atomic mass is 16.3. The van der Waals surface area contributed by atoms with Gasteiger partial charge in [0.05, 0.1) is 23.9 Å². The summed E-state index contributed by atoms with van der Waals surface area (Å²) in [5.74, 6) is 0.836. The molecule has 2 aliphatic rings. The molecule has 2 aliphatic heterocycles. The molecule has 0 radical (unpaired) electrons. The van der Waals surface area contributed by atoms with E-state index in [2.05, 4.69) is 30.7 Å². The maximum Gasteiger partial charge on any atom is 0.228 e. The van der Waals surface area contributed by atoms with Gasteiger partial charge >= 0.3 is 0 Å². The summed E-state index contributed by atoms with van der Waals surface area (Å²) in [6.07, 6.45) is 8.83. The average Bonchev–Trinajstić information content (AvgIpc) is 3.39. The molecule has 5 heterocycles. The second-order valence-corrected chi connectivity index (χ2v) is 8.30. The van der Waals surface area contributed by atoms with Crippen LogP contribution in [0.3, 0.4) is 0 Å². The van der Waals surface area contributed by atoms with Crippen LogP contribution in [0.1, 0.15) is 18.4 Å². The Morgan fingerprint density at radius 3 is 2.66 bits per heavy atom. The summed E-state index contributed by atoms with van der Waals surface area (Å²) in [5.41, 5.74) is 6.39. The number of nitrogens with one attached hydrogen (secondary N) is 1. The maximum atomic E-state index is 11.9. The minimum Gasteiger partial charge on any atom is -0.393 e. The lowest BCUT2D eigenvalue weighted by Crippen LogP contribution is -2.36. The Labute approximate surface area is 184 Å². The molecule has 4 aromatic rings. The molecular formula is C24H22N6O2. The molecule has 1 fully saturated rings. The zero-order valence-electron chi connectivity index (χ0n) is 17.4. The Morgan fingerprint density at radius 1 is 1.03 bits per heavy atom. The van der Waals surface area contributed by atoms with Crippen LogP contribution in [0.5, 0.6) is 0 Å². The Balaban J connectivity index is 1.56. The minimum atomic E-state index is -0.253. The van der Waals surface area contributed by atoms with Crippen LogP contribution in [-0.2, 0) is 11.2 Å². The lowest BCUT2D eigenvalue weighted by molar-refractivity contribution is -0.115. The molecule has 0 unspecified atom stereocenters. The molecule has 0 saturated carbocycles. The number of aromatic nitrogens is 4. The van der Waals surface area contributed by atoms with Crippen LogP contribution in [0.25, 0.3) is 28.2 Å². The van der Waals surface area contributed by atoms with Crippen LogP contribution in [0.15, 0.2) is 55.1 Å². The quantitative estimate of drug-likeness (QED) is 0.523. The molecule has 2 N–H and O–H groups in total. The molecule has 8 heteroatoms. The molecule has 1 aromatic carbocycles. The summed E-state index contributed by atoms with van der Waals surface area (Å²) < 4.78 is 2.08. The van der Waals surface area contributed by atoms with Crippen LogP contribution in [0.4, 0.5) is 11.5 Å². The molecule has 1 saturated heterocycles. The van der Waals surface area contributed by atoms with Gasteiger partial charge in [0.25, 0.3) is 0 Å². The fourth-order valence-electron chi connectivity index (χ4n) is 4.63. The number of imidazole rings is 1. The van der Waals surface area contributed by atoms with E-state index in [1.165, 1.54) is 0 Å². The number of aliphatic hydroxyl groups is 1.